The molecule has 0 atom stereocenters. The number of morpholine rings is 1. The predicted molar refractivity (Wildman–Crippen MR) is 110 cm³/mol. The first kappa shape index (κ1) is 20.3. The minimum atomic E-state index is -1.42. The minimum absolute atomic E-state index is 0. The van der Waals surface area contributed by atoms with E-state index in [9.17, 15) is 9.59 Å². The highest BCUT2D eigenvalue weighted by atomic mass is 35.5. The Labute approximate surface area is 171 Å². The summed E-state index contributed by atoms with van der Waals surface area (Å²) in [5, 5.41) is 0. The summed E-state index contributed by atoms with van der Waals surface area (Å²) in [4.78, 5) is 28.8. The molecule has 0 aromatic heterocycles. The van der Waals surface area contributed by atoms with Crippen LogP contribution in [0, 0.1) is 11.8 Å². The normalized spacial score (nSPS) is 18.0. The molecule has 0 bridgehead atoms. The Morgan fingerprint density at radius 2 is 1.46 bits per heavy atom. The zero-order valence-corrected chi connectivity index (χ0v) is 16.3. The lowest BCUT2D eigenvalue weighted by Gasteiger charge is -2.25. The molecule has 2 aliphatic rings. The van der Waals surface area contributed by atoms with Gasteiger partial charge < -0.3 is 4.74 Å². The van der Waals surface area contributed by atoms with Gasteiger partial charge >= 0.3 is 0 Å². The van der Waals surface area contributed by atoms with Crippen LogP contribution in [0.1, 0.15) is 32.7 Å². The molecule has 1 saturated heterocycles. The van der Waals surface area contributed by atoms with Crippen molar-refractivity contribution >= 4 is 24.0 Å². The number of ether oxygens (including phenoxy) is 1. The Morgan fingerprint density at radius 1 is 0.893 bits per heavy atom. The van der Waals surface area contributed by atoms with E-state index in [4.69, 9.17) is 4.74 Å². The van der Waals surface area contributed by atoms with Crippen molar-refractivity contribution in [2.45, 2.75) is 11.8 Å². The quantitative estimate of drug-likeness (QED) is 0.591. The van der Waals surface area contributed by atoms with E-state index in [1.807, 2.05) is 30.3 Å². The van der Waals surface area contributed by atoms with Crippen LogP contribution in [0.3, 0.4) is 0 Å². The Balaban J connectivity index is 0.00000225. The van der Waals surface area contributed by atoms with Crippen molar-refractivity contribution in [3.63, 3.8) is 0 Å². The lowest BCUT2D eigenvalue weighted by molar-refractivity contribution is 0.0390. The zero-order chi connectivity index (χ0) is 18.7. The summed E-state index contributed by atoms with van der Waals surface area (Å²) in [5.41, 5.74) is 0.161. The van der Waals surface area contributed by atoms with Gasteiger partial charge in [0.2, 0.25) is 0 Å². The molecule has 1 heterocycles. The number of carbonyl (C=O) groups excluding carboxylic acids is 2. The molecular weight excluding hydrogens is 374 g/mol. The van der Waals surface area contributed by atoms with Crippen LogP contribution in [0.15, 0.2) is 54.6 Å². The lowest BCUT2D eigenvalue weighted by atomic mass is 9.76. The largest absolute Gasteiger partial charge is 0.379 e. The number of carbonyl (C=O) groups is 2. The highest BCUT2D eigenvalue weighted by Crippen LogP contribution is 2.39. The number of fused-ring (bicyclic) bond motifs is 1. The molecular formula is C23H22ClNO3. The third-order valence-corrected chi connectivity index (χ3v) is 5.24. The standard InChI is InChI=1S/C23H21NO3.ClH/c25-21-19-10-4-5-11-20(19)22(26)23(21,18-8-2-1-3-9-18)12-6-7-13-24-14-16-27-17-15-24;/h1-5,8-11H,7,13-17H2;1H. The molecule has 1 aliphatic carbocycles. The van der Waals surface area contributed by atoms with Crippen molar-refractivity contribution in [3.05, 3.63) is 71.3 Å². The van der Waals surface area contributed by atoms with E-state index in [-0.39, 0.29) is 24.0 Å². The number of hydrogen-bond donors (Lipinski definition) is 0. The molecule has 0 unspecified atom stereocenters. The smallest absolute Gasteiger partial charge is 0.194 e. The number of Topliss-reactive ketones (excluding diaryl/α,β-unsaturated/α-hetero) is 2. The van der Waals surface area contributed by atoms with Crippen molar-refractivity contribution in [1.82, 2.24) is 4.90 Å². The van der Waals surface area contributed by atoms with Crippen LogP contribution in [0.25, 0.3) is 0 Å². The minimum Gasteiger partial charge on any atom is -0.379 e. The van der Waals surface area contributed by atoms with E-state index in [1.165, 1.54) is 0 Å². The average Bonchev–Trinajstić information content (AvgIpc) is 2.95. The van der Waals surface area contributed by atoms with E-state index < -0.39 is 5.41 Å². The molecule has 1 aliphatic heterocycles. The summed E-state index contributed by atoms with van der Waals surface area (Å²) in [6.07, 6.45) is 0.617. The third kappa shape index (κ3) is 3.49. The molecule has 0 amide bonds. The topological polar surface area (TPSA) is 46.6 Å². The van der Waals surface area contributed by atoms with Gasteiger partial charge in [-0.25, -0.2) is 0 Å². The van der Waals surface area contributed by atoms with Crippen molar-refractivity contribution < 1.29 is 14.3 Å². The number of benzene rings is 2. The van der Waals surface area contributed by atoms with Gasteiger partial charge in [-0.3, -0.25) is 14.5 Å². The number of halogens is 1. The van der Waals surface area contributed by atoms with Gasteiger partial charge in [-0.1, -0.05) is 60.5 Å². The predicted octanol–water partition coefficient (Wildman–Crippen LogP) is 3.15. The highest BCUT2D eigenvalue weighted by Gasteiger charge is 2.53. The van der Waals surface area contributed by atoms with Gasteiger partial charge in [-0.15, -0.1) is 18.3 Å². The number of ketones is 2. The monoisotopic (exact) mass is 395 g/mol. The van der Waals surface area contributed by atoms with E-state index in [0.717, 1.165) is 32.8 Å². The van der Waals surface area contributed by atoms with Crippen LogP contribution in [0.2, 0.25) is 0 Å². The van der Waals surface area contributed by atoms with Crippen LogP contribution in [-0.4, -0.2) is 49.3 Å². The molecule has 0 radical (unpaired) electrons. The molecule has 4 nitrogen and oxygen atoms in total. The summed E-state index contributed by atoms with van der Waals surface area (Å²) in [7, 11) is 0. The molecule has 4 rings (SSSR count). The Morgan fingerprint density at radius 3 is 2.07 bits per heavy atom. The van der Waals surface area contributed by atoms with Gasteiger partial charge in [0.1, 0.15) is 0 Å². The van der Waals surface area contributed by atoms with Crippen LogP contribution >= 0.6 is 12.4 Å². The first-order valence-corrected chi connectivity index (χ1v) is 9.28. The van der Waals surface area contributed by atoms with Gasteiger partial charge in [-0.2, -0.15) is 0 Å². The maximum atomic E-state index is 13.3. The van der Waals surface area contributed by atoms with E-state index in [0.29, 0.717) is 23.1 Å². The Hall–Kier alpha value is -2.45. The fourth-order valence-corrected chi connectivity index (χ4v) is 3.76. The van der Waals surface area contributed by atoms with Crippen LogP contribution < -0.4 is 0 Å². The molecule has 0 N–H and O–H groups in total. The molecule has 28 heavy (non-hydrogen) atoms. The first-order chi connectivity index (χ1) is 13.2. The molecule has 0 saturated carbocycles. The zero-order valence-electron chi connectivity index (χ0n) is 15.5. The van der Waals surface area contributed by atoms with Crippen molar-refractivity contribution in [2.24, 2.45) is 0 Å². The van der Waals surface area contributed by atoms with Gasteiger partial charge in [0.15, 0.2) is 17.0 Å². The third-order valence-electron chi connectivity index (χ3n) is 5.24. The lowest BCUT2D eigenvalue weighted by Crippen LogP contribution is -2.37. The molecule has 0 spiro atoms. The summed E-state index contributed by atoms with van der Waals surface area (Å²) in [6, 6.07) is 16.2. The van der Waals surface area contributed by atoms with Crippen molar-refractivity contribution in [3.8, 4) is 11.8 Å². The fraction of sp³-hybridized carbons (Fsp3) is 0.304. The second-order valence-electron chi connectivity index (χ2n) is 6.83. The second kappa shape index (κ2) is 8.70. The molecule has 1 fully saturated rings. The maximum absolute atomic E-state index is 13.3. The van der Waals surface area contributed by atoms with E-state index in [1.54, 1.807) is 24.3 Å². The Kier molecular flexibility index (Phi) is 6.31. The van der Waals surface area contributed by atoms with Gasteiger partial charge in [0.25, 0.3) is 0 Å². The average molecular weight is 396 g/mol. The number of nitrogens with zero attached hydrogens (tertiary/aromatic N) is 1. The van der Waals surface area contributed by atoms with Gasteiger partial charge in [-0.05, 0) is 5.56 Å². The SMILES string of the molecule is Cl.O=C1c2ccccc2C(=O)C1(C#CCCN1CCOCC1)c1ccccc1. The van der Waals surface area contributed by atoms with Gasteiger partial charge in [0, 0.05) is 37.2 Å². The summed E-state index contributed by atoms with van der Waals surface area (Å²) in [6.45, 7) is 4.10. The van der Waals surface area contributed by atoms with Gasteiger partial charge in [0.05, 0.1) is 13.2 Å². The fourth-order valence-electron chi connectivity index (χ4n) is 3.76. The summed E-state index contributed by atoms with van der Waals surface area (Å²) >= 11 is 0. The van der Waals surface area contributed by atoms with E-state index >= 15 is 0 Å². The van der Waals surface area contributed by atoms with Crippen LogP contribution in [0.5, 0.6) is 0 Å². The highest BCUT2D eigenvalue weighted by molar-refractivity contribution is 6.35. The molecule has 5 heteroatoms. The van der Waals surface area contributed by atoms with Crippen LogP contribution in [0.4, 0.5) is 0 Å². The summed E-state index contributed by atoms with van der Waals surface area (Å²) < 4.78 is 5.36. The Bertz CT molecular complexity index is 889. The van der Waals surface area contributed by atoms with Crippen molar-refractivity contribution in [2.75, 3.05) is 32.8 Å². The number of hydrogen-bond acceptors (Lipinski definition) is 4. The van der Waals surface area contributed by atoms with Crippen LogP contribution in [-0.2, 0) is 10.2 Å². The first-order valence-electron chi connectivity index (χ1n) is 9.28. The molecule has 2 aromatic rings. The number of rotatable bonds is 3. The second-order valence-corrected chi connectivity index (χ2v) is 6.83. The molecule has 144 valence electrons. The van der Waals surface area contributed by atoms with Crippen molar-refractivity contribution in [1.29, 1.82) is 0 Å². The molecule has 2 aromatic carbocycles. The van der Waals surface area contributed by atoms with E-state index in [2.05, 4.69) is 16.7 Å². The summed E-state index contributed by atoms with van der Waals surface area (Å²) in [5.74, 6) is 5.80. The maximum Gasteiger partial charge on any atom is 0.194 e.